The monoisotopic (exact) mass is 423 g/mol. The van der Waals surface area contributed by atoms with Crippen molar-refractivity contribution in [3.63, 3.8) is 0 Å². The summed E-state index contributed by atoms with van der Waals surface area (Å²) in [7, 11) is 0. The van der Waals surface area contributed by atoms with E-state index in [-0.39, 0.29) is 17.7 Å². The summed E-state index contributed by atoms with van der Waals surface area (Å²) >= 11 is 0. The van der Waals surface area contributed by atoms with Crippen LogP contribution in [0.2, 0.25) is 0 Å². The van der Waals surface area contributed by atoms with E-state index >= 15 is 0 Å². The third-order valence-corrected chi connectivity index (χ3v) is 5.60. The predicted octanol–water partition coefficient (Wildman–Crippen LogP) is 3.50. The number of rotatable bonds is 7. The first-order chi connectivity index (χ1) is 14.9. The Hall–Kier alpha value is -3.02. The molecule has 1 N–H and O–H groups in total. The molecule has 0 bridgehead atoms. The molecule has 1 fully saturated rings. The van der Waals surface area contributed by atoms with E-state index in [0.717, 1.165) is 30.1 Å². The minimum absolute atomic E-state index is 0.00188. The number of para-hydroxylation sites is 2. The Morgan fingerprint density at radius 2 is 1.74 bits per heavy atom. The van der Waals surface area contributed by atoms with Crippen molar-refractivity contribution in [2.24, 2.45) is 5.92 Å². The standard InChI is InChI=1S/C25H33N3O3/c1-5-31-22-12-7-6-11-21(22)27-13-15-28(16-14-27)25(30)23(18(2)3)26-24(29)20-10-8-9-19(4)17-20/h6-12,17-18,23H,5,13-16H2,1-4H3,(H,26,29). The van der Waals surface area contributed by atoms with Crippen molar-refractivity contribution in [2.45, 2.75) is 33.7 Å². The van der Waals surface area contributed by atoms with Crippen molar-refractivity contribution in [3.05, 3.63) is 59.7 Å². The molecule has 0 saturated carbocycles. The number of benzene rings is 2. The van der Waals surface area contributed by atoms with Gasteiger partial charge in [-0.05, 0) is 44.0 Å². The number of carbonyl (C=O) groups excluding carboxylic acids is 2. The second-order valence-electron chi connectivity index (χ2n) is 8.28. The van der Waals surface area contributed by atoms with Gasteiger partial charge < -0.3 is 19.9 Å². The van der Waals surface area contributed by atoms with E-state index in [1.165, 1.54) is 0 Å². The Balaban J connectivity index is 1.64. The number of nitrogens with zero attached hydrogens (tertiary/aromatic N) is 2. The Morgan fingerprint density at radius 1 is 1.03 bits per heavy atom. The van der Waals surface area contributed by atoms with Crippen LogP contribution in [0.5, 0.6) is 5.75 Å². The molecule has 3 rings (SSSR count). The lowest BCUT2D eigenvalue weighted by molar-refractivity contribution is -0.134. The van der Waals surface area contributed by atoms with Crippen LogP contribution in [0.3, 0.4) is 0 Å². The fourth-order valence-corrected chi connectivity index (χ4v) is 3.88. The Morgan fingerprint density at radius 3 is 2.39 bits per heavy atom. The summed E-state index contributed by atoms with van der Waals surface area (Å²) in [5.41, 5.74) is 2.66. The lowest BCUT2D eigenvalue weighted by Crippen LogP contribution is -2.56. The number of nitrogens with one attached hydrogen (secondary N) is 1. The zero-order valence-corrected chi connectivity index (χ0v) is 18.9. The molecule has 166 valence electrons. The quantitative estimate of drug-likeness (QED) is 0.741. The molecule has 31 heavy (non-hydrogen) atoms. The predicted molar refractivity (Wildman–Crippen MR) is 124 cm³/mol. The van der Waals surface area contributed by atoms with Crippen LogP contribution in [0.1, 0.15) is 36.7 Å². The molecule has 6 heteroatoms. The van der Waals surface area contributed by atoms with Crippen LogP contribution in [-0.4, -0.2) is 55.5 Å². The molecule has 2 amide bonds. The van der Waals surface area contributed by atoms with E-state index in [2.05, 4.69) is 16.3 Å². The number of anilines is 1. The number of piperazine rings is 1. The number of carbonyl (C=O) groups is 2. The lowest BCUT2D eigenvalue weighted by Gasteiger charge is -2.38. The van der Waals surface area contributed by atoms with Gasteiger partial charge >= 0.3 is 0 Å². The molecule has 6 nitrogen and oxygen atoms in total. The van der Waals surface area contributed by atoms with E-state index in [9.17, 15) is 9.59 Å². The summed E-state index contributed by atoms with van der Waals surface area (Å²) in [5, 5.41) is 2.96. The molecule has 1 aliphatic heterocycles. The van der Waals surface area contributed by atoms with Gasteiger partial charge in [0.1, 0.15) is 11.8 Å². The van der Waals surface area contributed by atoms with Crippen molar-refractivity contribution in [2.75, 3.05) is 37.7 Å². The third-order valence-electron chi connectivity index (χ3n) is 5.60. The highest BCUT2D eigenvalue weighted by Crippen LogP contribution is 2.29. The molecule has 1 saturated heterocycles. The summed E-state index contributed by atoms with van der Waals surface area (Å²) in [6.45, 7) is 11.2. The van der Waals surface area contributed by atoms with E-state index in [0.29, 0.717) is 25.3 Å². The van der Waals surface area contributed by atoms with Crippen LogP contribution in [0.15, 0.2) is 48.5 Å². The summed E-state index contributed by atoms with van der Waals surface area (Å²) in [5.74, 6) is 0.641. The van der Waals surface area contributed by atoms with Crippen molar-refractivity contribution < 1.29 is 14.3 Å². The van der Waals surface area contributed by atoms with Crippen LogP contribution in [0.4, 0.5) is 5.69 Å². The van der Waals surface area contributed by atoms with E-state index in [1.54, 1.807) is 6.07 Å². The van der Waals surface area contributed by atoms with Gasteiger partial charge in [-0.2, -0.15) is 0 Å². The lowest BCUT2D eigenvalue weighted by atomic mass is 10.0. The Kier molecular flexibility index (Phi) is 7.55. The maximum Gasteiger partial charge on any atom is 0.251 e. The first kappa shape index (κ1) is 22.7. The van der Waals surface area contributed by atoms with Crippen LogP contribution in [-0.2, 0) is 4.79 Å². The van der Waals surface area contributed by atoms with Crippen molar-refractivity contribution in [1.29, 1.82) is 0 Å². The SMILES string of the molecule is CCOc1ccccc1N1CCN(C(=O)C(NC(=O)c2cccc(C)c2)C(C)C)CC1. The topological polar surface area (TPSA) is 61.9 Å². The second-order valence-corrected chi connectivity index (χ2v) is 8.28. The highest BCUT2D eigenvalue weighted by molar-refractivity contribution is 5.97. The zero-order chi connectivity index (χ0) is 22.4. The van der Waals surface area contributed by atoms with Gasteiger partial charge in [0.05, 0.1) is 12.3 Å². The average Bonchev–Trinajstić information content (AvgIpc) is 2.77. The maximum atomic E-state index is 13.3. The molecule has 1 aliphatic rings. The minimum atomic E-state index is -0.546. The Bertz CT molecular complexity index is 904. The molecule has 1 heterocycles. The van der Waals surface area contributed by atoms with E-state index in [1.807, 2.05) is 69.0 Å². The summed E-state index contributed by atoms with van der Waals surface area (Å²) in [4.78, 5) is 30.1. The van der Waals surface area contributed by atoms with Crippen LogP contribution >= 0.6 is 0 Å². The minimum Gasteiger partial charge on any atom is -0.492 e. The molecular weight excluding hydrogens is 390 g/mol. The number of hydrogen-bond acceptors (Lipinski definition) is 4. The highest BCUT2D eigenvalue weighted by Gasteiger charge is 2.31. The normalized spacial score (nSPS) is 15.0. The van der Waals surface area contributed by atoms with Gasteiger partial charge in [-0.1, -0.05) is 43.7 Å². The fraction of sp³-hybridized carbons (Fsp3) is 0.440. The zero-order valence-electron chi connectivity index (χ0n) is 18.9. The van der Waals surface area contributed by atoms with Crippen molar-refractivity contribution >= 4 is 17.5 Å². The molecule has 1 atom stereocenters. The Labute approximate surface area is 185 Å². The molecule has 2 aromatic carbocycles. The van der Waals surface area contributed by atoms with E-state index in [4.69, 9.17) is 4.74 Å². The third kappa shape index (κ3) is 5.57. The van der Waals surface area contributed by atoms with Gasteiger partial charge in [0, 0.05) is 31.7 Å². The molecule has 2 aromatic rings. The van der Waals surface area contributed by atoms with Gasteiger partial charge in [0.25, 0.3) is 5.91 Å². The summed E-state index contributed by atoms with van der Waals surface area (Å²) < 4.78 is 5.76. The molecule has 1 unspecified atom stereocenters. The smallest absolute Gasteiger partial charge is 0.251 e. The number of aryl methyl sites for hydroxylation is 1. The molecule has 0 spiro atoms. The van der Waals surface area contributed by atoms with Gasteiger partial charge in [0.15, 0.2) is 0 Å². The molecular formula is C25H33N3O3. The molecule has 0 aromatic heterocycles. The van der Waals surface area contributed by atoms with Gasteiger partial charge in [-0.25, -0.2) is 0 Å². The van der Waals surface area contributed by atoms with Crippen LogP contribution in [0.25, 0.3) is 0 Å². The number of amides is 2. The molecule has 0 radical (unpaired) electrons. The van der Waals surface area contributed by atoms with Gasteiger partial charge in [-0.15, -0.1) is 0 Å². The number of ether oxygens (including phenoxy) is 1. The van der Waals surface area contributed by atoms with Gasteiger partial charge in [-0.3, -0.25) is 9.59 Å². The molecule has 0 aliphatic carbocycles. The van der Waals surface area contributed by atoms with Gasteiger partial charge in [0.2, 0.25) is 5.91 Å². The largest absolute Gasteiger partial charge is 0.492 e. The summed E-state index contributed by atoms with van der Waals surface area (Å²) in [6, 6.07) is 14.9. The van der Waals surface area contributed by atoms with Crippen LogP contribution < -0.4 is 15.0 Å². The summed E-state index contributed by atoms with van der Waals surface area (Å²) in [6.07, 6.45) is 0. The van der Waals surface area contributed by atoms with E-state index < -0.39 is 6.04 Å². The van der Waals surface area contributed by atoms with Crippen molar-refractivity contribution in [1.82, 2.24) is 10.2 Å². The first-order valence-electron chi connectivity index (χ1n) is 11.0. The highest BCUT2D eigenvalue weighted by atomic mass is 16.5. The number of hydrogen-bond donors (Lipinski definition) is 1. The fourth-order valence-electron chi connectivity index (χ4n) is 3.88. The van der Waals surface area contributed by atoms with Crippen molar-refractivity contribution in [3.8, 4) is 5.75 Å². The van der Waals surface area contributed by atoms with Crippen LogP contribution in [0, 0.1) is 12.8 Å². The average molecular weight is 424 g/mol. The first-order valence-corrected chi connectivity index (χ1v) is 11.0. The second kappa shape index (κ2) is 10.3. The maximum absolute atomic E-state index is 13.3.